The zero-order valence-electron chi connectivity index (χ0n) is 22.3. The van der Waals surface area contributed by atoms with Crippen molar-refractivity contribution in [3.05, 3.63) is 60.6 Å². The summed E-state index contributed by atoms with van der Waals surface area (Å²) in [6.45, 7) is 6.75. The Balaban J connectivity index is 1.31. The molecule has 0 atom stereocenters. The number of fused-ring (bicyclic) bond motifs is 1. The molecule has 3 N–H and O–H groups in total. The average molecular weight is 513 g/mol. The second kappa shape index (κ2) is 11.6. The van der Waals surface area contributed by atoms with E-state index in [4.69, 9.17) is 9.97 Å². The normalized spacial score (nSPS) is 17.5. The van der Waals surface area contributed by atoms with Crippen LogP contribution < -0.4 is 16.0 Å². The van der Waals surface area contributed by atoms with E-state index in [1.54, 1.807) is 0 Å². The summed E-state index contributed by atoms with van der Waals surface area (Å²) < 4.78 is 2.08. The lowest BCUT2D eigenvalue weighted by Crippen LogP contribution is -2.40. The summed E-state index contributed by atoms with van der Waals surface area (Å²) in [4.78, 5) is 30.5. The second-order valence-corrected chi connectivity index (χ2v) is 10.2. The number of nitrogens with one attached hydrogen (secondary N) is 3. The molecule has 1 amide bonds. The molecule has 198 valence electrons. The van der Waals surface area contributed by atoms with Crippen molar-refractivity contribution in [1.82, 2.24) is 29.8 Å². The first-order valence-corrected chi connectivity index (χ1v) is 13.5. The molecular formula is C29H36N8O. The van der Waals surface area contributed by atoms with E-state index in [0.717, 1.165) is 59.5 Å². The van der Waals surface area contributed by atoms with E-state index in [0.29, 0.717) is 18.9 Å². The highest BCUT2D eigenvalue weighted by atomic mass is 16.1. The number of pyridine rings is 1. The predicted octanol–water partition coefficient (Wildman–Crippen LogP) is 5.33. The number of carbonyl (C=O) groups excluding carboxylic acids is 1. The molecule has 9 nitrogen and oxygen atoms in total. The smallest absolute Gasteiger partial charge is 0.227 e. The van der Waals surface area contributed by atoms with Crippen molar-refractivity contribution in [3.8, 4) is 11.3 Å². The Morgan fingerprint density at radius 1 is 1.00 bits per heavy atom. The number of rotatable bonds is 9. The lowest BCUT2D eigenvalue weighted by atomic mass is 9.91. The maximum atomic E-state index is 11.8. The third-order valence-corrected chi connectivity index (χ3v) is 7.10. The van der Waals surface area contributed by atoms with Crippen LogP contribution in [0.2, 0.25) is 0 Å². The van der Waals surface area contributed by atoms with Crippen LogP contribution in [0.25, 0.3) is 22.4 Å². The van der Waals surface area contributed by atoms with Crippen LogP contribution in [0.3, 0.4) is 0 Å². The molecule has 0 radical (unpaired) electrons. The Hall–Kier alpha value is -4.01. The average Bonchev–Trinajstić information content (AvgIpc) is 3.38. The fraction of sp³-hybridized carbons (Fsp3) is 0.414. The van der Waals surface area contributed by atoms with Gasteiger partial charge in [-0.2, -0.15) is 9.97 Å². The number of aromatic nitrogens is 5. The Kier molecular flexibility index (Phi) is 7.81. The molecule has 0 aliphatic heterocycles. The van der Waals surface area contributed by atoms with Gasteiger partial charge in [0.1, 0.15) is 0 Å². The number of anilines is 2. The molecule has 5 rings (SSSR count). The number of nitrogens with zero attached hydrogens (tertiary/aromatic N) is 5. The Morgan fingerprint density at radius 3 is 2.45 bits per heavy atom. The topological polar surface area (TPSA) is 110 Å². The van der Waals surface area contributed by atoms with E-state index >= 15 is 0 Å². The zero-order valence-corrected chi connectivity index (χ0v) is 22.3. The van der Waals surface area contributed by atoms with Gasteiger partial charge in [-0.1, -0.05) is 37.3 Å². The molecule has 0 bridgehead atoms. The lowest BCUT2D eigenvalue weighted by molar-refractivity contribution is -0.121. The minimum Gasteiger partial charge on any atom is -0.364 e. The summed E-state index contributed by atoms with van der Waals surface area (Å²) >= 11 is 0. The first-order valence-electron chi connectivity index (χ1n) is 13.5. The van der Waals surface area contributed by atoms with E-state index in [1.165, 1.54) is 0 Å². The van der Waals surface area contributed by atoms with Gasteiger partial charge < -0.3 is 20.5 Å². The van der Waals surface area contributed by atoms with E-state index < -0.39 is 0 Å². The van der Waals surface area contributed by atoms with Crippen LogP contribution in [0.4, 0.5) is 11.8 Å². The molecule has 9 heteroatoms. The highest BCUT2D eigenvalue weighted by molar-refractivity contribution is 5.84. The van der Waals surface area contributed by atoms with Crippen molar-refractivity contribution in [2.24, 2.45) is 0 Å². The van der Waals surface area contributed by atoms with Gasteiger partial charge in [-0.3, -0.25) is 9.78 Å². The Morgan fingerprint density at radius 2 is 1.76 bits per heavy atom. The molecule has 1 saturated carbocycles. The summed E-state index contributed by atoms with van der Waals surface area (Å²) in [7, 11) is 0. The summed E-state index contributed by atoms with van der Waals surface area (Å²) in [5.74, 6) is 1.45. The number of hydrogen-bond acceptors (Lipinski definition) is 7. The third-order valence-electron chi connectivity index (χ3n) is 7.10. The largest absolute Gasteiger partial charge is 0.364 e. The fourth-order valence-corrected chi connectivity index (χ4v) is 4.89. The molecule has 1 fully saturated rings. The monoisotopic (exact) mass is 512 g/mol. The SMILES string of the molecule is CCC(=O)NC1CCC(Nc2nc(NCc3ccc(-c4ccccn4)cc3)c3ncn(C(C)C)c3n2)CC1. The van der Waals surface area contributed by atoms with Crippen molar-refractivity contribution < 1.29 is 4.79 Å². The van der Waals surface area contributed by atoms with Crippen LogP contribution in [0.15, 0.2) is 55.0 Å². The first kappa shape index (κ1) is 25.6. The zero-order chi connectivity index (χ0) is 26.5. The summed E-state index contributed by atoms with van der Waals surface area (Å²) in [6, 6.07) is 15.1. The number of hydrogen-bond donors (Lipinski definition) is 3. The summed E-state index contributed by atoms with van der Waals surface area (Å²) in [5, 5.41) is 10.2. The minimum atomic E-state index is 0.124. The van der Waals surface area contributed by atoms with Gasteiger partial charge in [0.2, 0.25) is 11.9 Å². The van der Waals surface area contributed by atoms with Crippen molar-refractivity contribution in [2.45, 2.75) is 77.5 Å². The summed E-state index contributed by atoms with van der Waals surface area (Å²) in [5.41, 5.74) is 4.77. The van der Waals surface area contributed by atoms with Crippen LogP contribution in [-0.4, -0.2) is 42.5 Å². The molecular weight excluding hydrogens is 476 g/mol. The van der Waals surface area contributed by atoms with E-state index in [1.807, 2.05) is 37.6 Å². The van der Waals surface area contributed by atoms with E-state index in [-0.39, 0.29) is 24.0 Å². The number of benzene rings is 1. The van der Waals surface area contributed by atoms with Crippen LogP contribution in [0.5, 0.6) is 0 Å². The quantitative estimate of drug-likeness (QED) is 0.278. The van der Waals surface area contributed by atoms with Gasteiger partial charge in [0, 0.05) is 42.9 Å². The Bertz CT molecular complexity index is 1360. The van der Waals surface area contributed by atoms with Gasteiger partial charge >= 0.3 is 0 Å². The molecule has 4 aromatic rings. The van der Waals surface area contributed by atoms with E-state index in [9.17, 15) is 4.79 Å². The number of carbonyl (C=O) groups is 1. The van der Waals surface area contributed by atoms with Gasteiger partial charge in [-0.25, -0.2) is 4.98 Å². The molecule has 38 heavy (non-hydrogen) atoms. The van der Waals surface area contributed by atoms with Crippen LogP contribution in [-0.2, 0) is 11.3 Å². The number of amides is 1. The van der Waals surface area contributed by atoms with Gasteiger partial charge in [0.25, 0.3) is 0 Å². The van der Waals surface area contributed by atoms with Crippen LogP contribution in [0.1, 0.15) is 64.5 Å². The molecule has 1 aliphatic rings. The molecule has 1 aromatic carbocycles. The van der Waals surface area contributed by atoms with Crippen molar-refractivity contribution in [3.63, 3.8) is 0 Å². The third kappa shape index (κ3) is 5.93. The van der Waals surface area contributed by atoms with Gasteiger partial charge in [-0.05, 0) is 57.2 Å². The summed E-state index contributed by atoms with van der Waals surface area (Å²) in [6.07, 6.45) is 8.01. The first-order chi connectivity index (χ1) is 18.5. The maximum Gasteiger partial charge on any atom is 0.227 e. The Labute approximate surface area is 223 Å². The number of imidazole rings is 1. The molecule has 3 aromatic heterocycles. The van der Waals surface area contributed by atoms with Gasteiger partial charge in [-0.15, -0.1) is 0 Å². The van der Waals surface area contributed by atoms with E-state index in [2.05, 4.69) is 68.6 Å². The molecule has 3 heterocycles. The van der Waals surface area contributed by atoms with Crippen molar-refractivity contribution in [2.75, 3.05) is 10.6 Å². The fourth-order valence-electron chi connectivity index (χ4n) is 4.89. The van der Waals surface area contributed by atoms with Gasteiger partial charge in [0.15, 0.2) is 17.0 Å². The molecule has 0 spiro atoms. The van der Waals surface area contributed by atoms with Crippen LogP contribution in [0, 0.1) is 0 Å². The highest BCUT2D eigenvalue weighted by Crippen LogP contribution is 2.27. The maximum absolute atomic E-state index is 11.8. The van der Waals surface area contributed by atoms with Crippen LogP contribution >= 0.6 is 0 Å². The van der Waals surface area contributed by atoms with Crippen molar-refractivity contribution >= 4 is 28.8 Å². The second-order valence-electron chi connectivity index (χ2n) is 10.2. The molecule has 1 aliphatic carbocycles. The lowest BCUT2D eigenvalue weighted by Gasteiger charge is -2.29. The predicted molar refractivity (Wildman–Crippen MR) is 151 cm³/mol. The molecule has 0 unspecified atom stereocenters. The highest BCUT2D eigenvalue weighted by Gasteiger charge is 2.23. The standard InChI is InChI=1S/C29H36N8O/c1-4-25(38)33-22-12-14-23(15-13-22)34-29-35-27(26-28(36-29)37(18-32-26)19(2)3)31-17-20-8-10-21(11-9-20)24-7-5-6-16-30-24/h5-11,16,18-19,22-23H,4,12-15,17H2,1-3H3,(H,33,38)(H2,31,34,35,36). The van der Waals surface area contributed by atoms with Gasteiger partial charge in [0.05, 0.1) is 12.0 Å². The van der Waals surface area contributed by atoms with Crippen molar-refractivity contribution in [1.29, 1.82) is 0 Å². The minimum absolute atomic E-state index is 0.124. The molecule has 0 saturated heterocycles.